The number of carboxylic acid groups (broad SMARTS) is 1. The smallest absolute Gasteiger partial charge is 0.165 e. The highest BCUT2D eigenvalue weighted by Gasteiger charge is 2.53. The van der Waals surface area contributed by atoms with Gasteiger partial charge in [-0.15, -0.1) is 0 Å². The third-order valence-corrected chi connectivity index (χ3v) is 4.01. The predicted octanol–water partition coefficient (Wildman–Crippen LogP) is 1.44. The minimum absolute atomic E-state index is 0.102. The Morgan fingerprint density at radius 2 is 2.35 bits per heavy atom. The summed E-state index contributed by atoms with van der Waals surface area (Å²) >= 11 is 0. The van der Waals surface area contributed by atoms with E-state index in [-0.39, 0.29) is 23.5 Å². The molecule has 2 heterocycles. The van der Waals surface area contributed by atoms with Crippen LogP contribution in [-0.2, 0) is 4.74 Å². The molecule has 2 aliphatic rings. The zero-order valence-electron chi connectivity index (χ0n) is 10.8. The van der Waals surface area contributed by atoms with Crippen molar-refractivity contribution in [1.29, 1.82) is 0 Å². The van der Waals surface area contributed by atoms with E-state index in [1.54, 1.807) is 6.08 Å². The van der Waals surface area contributed by atoms with Crippen molar-refractivity contribution in [3.63, 3.8) is 0 Å². The van der Waals surface area contributed by atoms with Gasteiger partial charge in [-0.25, -0.2) is 4.39 Å². The summed E-state index contributed by atoms with van der Waals surface area (Å²) in [6.45, 7) is 3.76. The van der Waals surface area contributed by atoms with E-state index in [4.69, 9.17) is 9.47 Å². The fourth-order valence-corrected chi connectivity index (χ4v) is 2.98. The van der Waals surface area contributed by atoms with E-state index >= 15 is 0 Å². The fraction of sp³-hybridized carbons (Fsp3) is 0.400. The molecule has 0 saturated carbocycles. The molecule has 1 aromatic carbocycles. The van der Waals surface area contributed by atoms with Gasteiger partial charge in [-0.05, 0) is 37.1 Å². The summed E-state index contributed by atoms with van der Waals surface area (Å²) in [7, 11) is 0. The average Bonchev–Trinajstić information content (AvgIpc) is 3.02. The van der Waals surface area contributed by atoms with Crippen LogP contribution < -0.4 is 9.84 Å². The molecule has 3 rings (SSSR count). The molecule has 0 aliphatic carbocycles. The van der Waals surface area contributed by atoms with E-state index in [0.717, 1.165) is 31.0 Å². The van der Waals surface area contributed by atoms with E-state index in [1.807, 2.05) is 0 Å². The number of aromatic carboxylic acids is 1. The Balaban J connectivity index is 1.92. The molecule has 2 fully saturated rings. The summed E-state index contributed by atoms with van der Waals surface area (Å²) in [6.07, 6.45) is 3.98. The average molecular weight is 277 g/mol. The van der Waals surface area contributed by atoms with Crippen molar-refractivity contribution in [2.24, 2.45) is 0 Å². The first-order valence-electron chi connectivity index (χ1n) is 6.53. The van der Waals surface area contributed by atoms with Crippen molar-refractivity contribution >= 4 is 5.97 Å². The van der Waals surface area contributed by atoms with Gasteiger partial charge in [0.15, 0.2) is 17.2 Å². The molecule has 2 bridgehead atoms. The fourth-order valence-electron chi connectivity index (χ4n) is 2.98. The predicted molar refractivity (Wildman–Crippen MR) is 66.8 cm³/mol. The molecule has 0 radical (unpaired) electrons. The van der Waals surface area contributed by atoms with Crippen molar-refractivity contribution in [1.82, 2.24) is 0 Å². The molecule has 4 nitrogen and oxygen atoms in total. The number of ether oxygens (including phenoxy) is 2. The molecule has 3 unspecified atom stereocenters. The van der Waals surface area contributed by atoms with Crippen LogP contribution in [0.1, 0.15) is 29.6 Å². The van der Waals surface area contributed by atoms with Crippen molar-refractivity contribution in [3.05, 3.63) is 42.2 Å². The number of hydrogen-bond acceptors (Lipinski definition) is 4. The van der Waals surface area contributed by atoms with E-state index in [1.165, 1.54) is 0 Å². The summed E-state index contributed by atoms with van der Waals surface area (Å²) in [6, 6.07) is 3.35. The van der Waals surface area contributed by atoms with E-state index in [0.29, 0.717) is 6.42 Å². The van der Waals surface area contributed by atoms with Crippen LogP contribution in [0.5, 0.6) is 5.75 Å². The minimum Gasteiger partial charge on any atom is -0.545 e. The molecule has 0 N–H and O–H groups in total. The van der Waals surface area contributed by atoms with Crippen LogP contribution in [-0.4, -0.2) is 23.8 Å². The molecule has 1 aromatic rings. The lowest BCUT2D eigenvalue weighted by molar-refractivity contribution is -0.255. The molecule has 2 saturated heterocycles. The van der Waals surface area contributed by atoms with E-state index in [9.17, 15) is 14.3 Å². The van der Waals surface area contributed by atoms with Crippen LogP contribution in [0, 0.1) is 5.82 Å². The highest BCUT2D eigenvalue weighted by Crippen LogP contribution is 2.45. The summed E-state index contributed by atoms with van der Waals surface area (Å²) in [5, 5.41) is 10.8. The van der Waals surface area contributed by atoms with Crippen LogP contribution in [0.25, 0.3) is 0 Å². The second-order valence-corrected chi connectivity index (χ2v) is 5.22. The van der Waals surface area contributed by atoms with Gasteiger partial charge in [-0.2, -0.15) is 0 Å². The Morgan fingerprint density at radius 1 is 1.55 bits per heavy atom. The Morgan fingerprint density at radius 3 is 2.90 bits per heavy atom. The van der Waals surface area contributed by atoms with Crippen molar-refractivity contribution in [3.8, 4) is 5.75 Å². The monoisotopic (exact) mass is 277 g/mol. The van der Waals surface area contributed by atoms with Crippen LogP contribution in [0.2, 0.25) is 0 Å². The van der Waals surface area contributed by atoms with Crippen molar-refractivity contribution in [2.75, 3.05) is 0 Å². The number of halogens is 1. The quantitative estimate of drug-likeness (QED) is 0.781. The maximum atomic E-state index is 13.8. The molecule has 5 heteroatoms. The Bertz CT molecular complexity index is 571. The first-order chi connectivity index (χ1) is 9.54. The molecule has 0 amide bonds. The Hall–Kier alpha value is -1.88. The minimum atomic E-state index is -1.37. The lowest BCUT2D eigenvalue weighted by Gasteiger charge is -2.33. The van der Waals surface area contributed by atoms with Gasteiger partial charge in [-0.3, -0.25) is 0 Å². The van der Waals surface area contributed by atoms with Gasteiger partial charge in [0.1, 0.15) is 6.10 Å². The highest BCUT2D eigenvalue weighted by molar-refractivity contribution is 5.86. The highest BCUT2D eigenvalue weighted by atomic mass is 19.1. The van der Waals surface area contributed by atoms with Crippen LogP contribution in [0.3, 0.4) is 0 Å². The molecule has 20 heavy (non-hydrogen) atoms. The standard InChI is InChI=1S/C15H15FO4/c1-2-15(8-10-4-6-13(15)19-10)20-12-7-9(14(17)18)3-5-11(12)16/h2-3,5,7,10,13H,1,4,6,8H2,(H,17,18)/p-1. The second-order valence-electron chi connectivity index (χ2n) is 5.22. The maximum Gasteiger partial charge on any atom is 0.165 e. The number of carbonyl (C=O) groups is 1. The topological polar surface area (TPSA) is 58.6 Å². The van der Waals surface area contributed by atoms with Crippen LogP contribution in [0.15, 0.2) is 30.9 Å². The van der Waals surface area contributed by atoms with Gasteiger partial charge in [0.2, 0.25) is 0 Å². The number of benzene rings is 1. The Kier molecular flexibility index (Phi) is 3.01. The third-order valence-electron chi connectivity index (χ3n) is 4.01. The summed E-state index contributed by atoms with van der Waals surface area (Å²) in [4.78, 5) is 10.8. The molecule has 2 aliphatic heterocycles. The number of fused-ring (bicyclic) bond motifs is 2. The number of hydrogen-bond donors (Lipinski definition) is 0. The van der Waals surface area contributed by atoms with E-state index in [2.05, 4.69) is 6.58 Å². The first kappa shape index (κ1) is 13.1. The van der Waals surface area contributed by atoms with Gasteiger partial charge in [-0.1, -0.05) is 6.58 Å². The normalized spacial score (nSPS) is 31.2. The zero-order chi connectivity index (χ0) is 14.3. The van der Waals surface area contributed by atoms with Gasteiger partial charge in [0.25, 0.3) is 0 Å². The van der Waals surface area contributed by atoms with Gasteiger partial charge < -0.3 is 19.4 Å². The third kappa shape index (κ3) is 1.98. The number of carboxylic acids is 1. The SMILES string of the molecule is C=CC1(Oc2cc(C(=O)[O-])ccc2F)CC2CCC1O2. The van der Waals surface area contributed by atoms with Crippen molar-refractivity contribution in [2.45, 2.75) is 37.1 Å². The first-order valence-corrected chi connectivity index (χ1v) is 6.53. The lowest BCUT2D eigenvalue weighted by Crippen LogP contribution is -2.43. The van der Waals surface area contributed by atoms with Gasteiger partial charge >= 0.3 is 0 Å². The maximum absolute atomic E-state index is 13.8. The van der Waals surface area contributed by atoms with Crippen molar-refractivity contribution < 1.29 is 23.8 Å². The summed E-state index contributed by atoms with van der Waals surface area (Å²) < 4.78 is 25.3. The summed E-state index contributed by atoms with van der Waals surface area (Å²) in [5.41, 5.74) is -0.904. The van der Waals surface area contributed by atoms with Crippen LogP contribution in [0.4, 0.5) is 4.39 Å². The molecule has 0 aromatic heterocycles. The molecule has 106 valence electrons. The number of carbonyl (C=O) groups excluding carboxylic acids is 1. The Labute approximate surface area is 115 Å². The zero-order valence-corrected chi connectivity index (χ0v) is 10.8. The molecule has 3 atom stereocenters. The number of rotatable bonds is 4. The molecular formula is C15H14FO4-. The second kappa shape index (κ2) is 4.59. The molecule has 0 spiro atoms. The van der Waals surface area contributed by atoms with E-state index < -0.39 is 17.4 Å². The van der Waals surface area contributed by atoms with Crippen LogP contribution >= 0.6 is 0 Å². The lowest BCUT2D eigenvalue weighted by atomic mass is 9.84. The van der Waals surface area contributed by atoms with Gasteiger partial charge in [0.05, 0.1) is 12.1 Å². The molecular weight excluding hydrogens is 263 g/mol. The largest absolute Gasteiger partial charge is 0.545 e. The van der Waals surface area contributed by atoms with Gasteiger partial charge in [0, 0.05) is 12.0 Å². The summed E-state index contributed by atoms with van der Waals surface area (Å²) in [5.74, 6) is -2.09.